The van der Waals surface area contributed by atoms with Crippen LogP contribution < -0.4 is 5.32 Å². The molecule has 0 bridgehead atoms. The summed E-state index contributed by atoms with van der Waals surface area (Å²) in [4.78, 5) is 14.2. The van der Waals surface area contributed by atoms with Crippen LogP contribution in [0.15, 0.2) is 24.3 Å². The van der Waals surface area contributed by atoms with E-state index < -0.39 is 0 Å². The fraction of sp³-hybridized carbons (Fsp3) is 0.533. The van der Waals surface area contributed by atoms with Gasteiger partial charge in [0.2, 0.25) is 5.91 Å². The zero-order valence-electron chi connectivity index (χ0n) is 11.3. The minimum absolute atomic E-state index is 0.267. The number of nitrogens with zero attached hydrogens (tertiary/aromatic N) is 1. The molecule has 1 unspecified atom stereocenters. The summed E-state index contributed by atoms with van der Waals surface area (Å²) in [5.74, 6) is 1.84. The standard InChI is InChI=1S/C15H20N2OS/c1-2-12-4-6-13(7-5-12)15-11-19-10-14(18)17(15)9-3-8-16-15/h4-7,16H,2-3,8-11H2,1H3. The highest BCUT2D eigenvalue weighted by atomic mass is 32.2. The highest BCUT2D eigenvalue weighted by Gasteiger charge is 2.45. The van der Waals surface area contributed by atoms with Crippen LogP contribution in [0.3, 0.4) is 0 Å². The molecule has 102 valence electrons. The van der Waals surface area contributed by atoms with Gasteiger partial charge in [-0.3, -0.25) is 10.1 Å². The molecule has 0 aliphatic carbocycles. The van der Waals surface area contributed by atoms with Crippen LogP contribution >= 0.6 is 11.8 Å². The lowest BCUT2D eigenvalue weighted by Gasteiger charge is -2.50. The maximum Gasteiger partial charge on any atom is 0.234 e. The van der Waals surface area contributed by atoms with Gasteiger partial charge in [0.15, 0.2) is 0 Å². The maximum absolute atomic E-state index is 12.2. The summed E-state index contributed by atoms with van der Waals surface area (Å²) in [6.45, 7) is 4.03. The molecule has 0 spiro atoms. The fourth-order valence-corrected chi connectivity index (χ4v) is 4.16. The molecule has 2 saturated heterocycles. The number of hydrogen-bond acceptors (Lipinski definition) is 3. The summed E-state index contributed by atoms with van der Waals surface area (Å²) < 4.78 is 0. The summed E-state index contributed by atoms with van der Waals surface area (Å²) in [6, 6.07) is 8.73. The number of fused-ring (bicyclic) bond motifs is 1. The van der Waals surface area contributed by atoms with E-state index in [0.717, 1.165) is 31.7 Å². The lowest BCUT2D eigenvalue weighted by Crippen LogP contribution is -2.66. The van der Waals surface area contributed by atoms with Gasteiger partial charge >= 0.3 is 0 Å². The first kappa shape index (κ1) is 13.0. The number of aryl methyl sites for hydroxylation is 1. The Morgan fingerprint density at radius 3 is 2.89 bits per heavy atom. The molecule has 0 radical (unpaired) electrons. The third kappa shape index (κ3) is 2.17. The van der Waals surface area contributed by atoms with Gasteiger partial charge in [0, 0.05) is 12.3 Å². The minimum Gasteiger partial charge on any atom is -0.319 e. The molecule has 4 heteroatoms. The molecular weight excluding hydrogens is 256 g/mol. The number of hydrogen-bond donors (Lipinski definition) is 1. The van der Waals surface area contributed by atoms with Crippen molar-refractivity contribution >= 4 is 17.7 Å². The van der Waals surface area contributed by atoms with Crippen molar-refractivity contribution in [3.63, 3.8) is 0 Å². The second-order valence-electron chi connectivity index (χ2n) is 5.23. The van der Waals surface area contributed by atoms with Gasteiger partial charge in [-0.15, -0.1) is 11.8 Å². The second kappa shape index (κ2) is 5.17. The van der Waals surface area contributed by atoms with Gasteiger partial charge in [-0.05, 0) is 30.5 Å². The molecule has 2 aliphatic rings. The normalized spacial score (nSPS) is 27.2. The quantitative estimate of drug-likeness (QED) is 0.896. The molecule has 1 amide bonds. The van der Waals surface area contributed by atoms with Crippen molar-refractivity contribution in [3.05, 3.63) is 35.4 Å². The minimum atomic E-state index is -0.273. The Hall–Kier alpha value is -1.00. The molecular formula is C15H20N2OS. The largest absolute Gasteiger partial charge is 0.319 e. The highest BCUT2D eigenvalue weighted by Crippen LogP contribution is 2.36. The maximum atomic E-state index is 12.2. The van der Waals surface area contributed by atoms with E-state index >= 15 is 0 Å². The number of rotatable bonds is 2. The van der Waals surface area contributed by atoms with Gasteiger partial charge in [0.1, 0.15) is 5.66 Å². The Morgan fingerprint density at radius 2 is 2.16 bits per heavy atom. The predicted octanol–water partition coefficient (Wildman–Crippen LogP) is 1.97. The van der Waals surface area contributed by atoms with Crippen LogP contribution in [-0.4, -0.2) is 35.4 Å². The van der Waals surface area contributed by atoms with Crippen LogP contribution in [0.2, 0.25) is 0 Å². The van der Waals surface area contributed by atoms with Crippen molar-refractivity contribution in [3.8, 4) is 0 Å². The Kier molecular flexibility index (Phi) is 3.54. The first-order valence-electron chi connectivity index (χ1n) is 6.99. The molecule has 1 N–H and O–H groups in total. The number of benzene rings is 1. The number of amides is 1. The van der Waals surface area contributed by atoms with Crippen molar-refractivity contribution in [2.75, 3.05) is 24.6 Å². The summed E-state index contributed by atoms with van der Waals surface area (Å²) in [5.41, 5.74) is 2.30. The van der Waals surface area contributed by atoms with E-state index in [4.69, 9.17) is 0 Å². The van der Waals surface area contributed by atoms with Gasteiger partial charge in [-0.1, -0.05) is 31.2 Å². The predicted molar refractivity (Wildman–Crippen MR) is 79.2 cm³/mol. The van der Waals surface area contributed by atoms with E-state index in [-0.39, 0.29) is 11.6 Å². The summed E-state index contributed by atoms with van der Waals surface area (Å²) in [5, 5.41) is 3.60. The molecule has 2 fully saturated rings. The second-order valence-corrected chi connectivity index (χ2v) is 6.21. The number of carbonyl (C=O) groups excluding carboxylic acids is 1. The smallest absolute Gasteiger partial charge is 0.234 e. The average Bonchev–Trinajstić information content (AvgIpc) is 2.48. The number of thioether (sulfide) groups is 1. The van der Waals surface area contributed by atoms with Crippen molar-refractivity contribution in [2.45, 2.75) is 25.4 Å². The SMILES string of the molecule is CCc1ccc(C23CSCC(=O)N2CCCN3)cc1. The Morgan fingerprint density at radius 1 is 1.37 bits per heavy atom. The zero-order chi connectivity index (χ0) is 13.3. The van der Waals surface area contributed by atoms with E-state index in [2.05, 4.69) is 36.5 Å². The van der Waals surface area contributed by atoms with E-state index in [1.54, 1.807) is 11.8 Å². The third-order valence-corrected chi connectivity index (χ3v) is 5.19. The Labute approximate surface area is 118 Å². The summed E-state index contributed by atoms with van der Waals surface area (Å²) >= 11 is 1.74. The van der Waals surface area contributed by atoms with E-state index in [9.17, 15) is 4.79 Å². The fourth-order valence-electron chi connectivity index (χ4n) is 3.01. The molecule has 1 aromatic rings. The molecule has 2 aliphatic heterocycles. The van der Waals surface area contributed by atoms with Crippen LogP contribution in [0, 0.1) is 0 Å². The highest BCUT2D eigenvalue weighted by molar-refractivity contribution is 8.00. The van der Waals surface area contributed by atoms with E-state index in [1.807, 2.05) is 4.90 Å². The molecule has 2 heterocycles. The molecule has 3 rings (SSSR count). The van der Waals surface area contributed by atoms with Crippen molar-refractivity contribution in [2.24, 2.45) is 0 Å². The molecule has 19 heavy (non-hydrogen) atoms. The first-order valence-corrected chi connectivity index (χ1v) is 8.14. The Bertz CT molecular complexity index is 470. The monoisotopic (exact) mass is 276 g/mol. The van der Waals surface area contributed by atoms with E-state index in [0.29, 0.717) is 5.75 Å². The molecule has 0 saturated carbocycles. The topological polar surface area (TPSA) is 32.3 Å². The van der Waals surface area contributed by atoms with Crippen molar-refractivity contribution < 1.29 is 4.79 Å². The van der Waals surface area contributed by atoms with Crippen LogP contribution in [0.4, 0.5) is 0 Å². The average molecular weight is 276 g/mol. The van der Waals surface area contributed by atoms with Crippen molar-refractivity contribution in [1.29, 1.82) is 0 Å². The lowest BCUT2D eigenvalue weighted by molar-refractivity contribution is -0.138. The third-order valence-electron chi connectivity index (χ3n) is 4.11. The van der Waals surface area contributed by atoms with Crippen molar-refractivity contribution in [1.82, 2.24) is 10.2 Å². The number of nitrogens with one attached hydrogen (secondary N) is 1. The van der Waals surface area contributed by atoms with Gasteiger partial charge in [-0.25, -0.2) is 0 Å². The molecule has 1 aromatic carbocycles. The molecule has 0 aromatic heterocycles. The van der Waals surface area contributed by atoms with Crippen LogP contribution in [0.1, 0.15) is 24.5 Å². The van der Waals surface area contributed by atoms with Gasteiger partial charge < -0.3 is 4.90 Å². The summed E-state index contributed by atoms with van der Waals surface area (Å²) in [6.07, 6.45) is 2.10. The van der Waals surface area contributed by atoms with Crippen LogP contribution in [0.5, 0.6) is 0 Å². The molecule has 3 nitrogen and oxygen atoms in total. The van der Waals surface area contributed by atoms with Gasteiger partial charge in [0.05, 0.1) is 5.75 Å². The number of carbonyl (C=O) groups is 1. The van der Waals surface area contributed by atoms with Crippen LogP contribution in [0.25, 0.3) is 0 Å². The zero-order valence-corrected chi connectivity index (χ0v) is 12.1. The molecule has 1 atom stereocenters. The van der Waals surface area contributed by atoms with E-state index in [1.165, 1.54) is 11.1 Å². The van der Waals surface area contributed by atoms with Gasteiger partial charge in [0.25, 0.3) is 0 Å². The first-order chi connectivity index (χ1) is 9.26. The summed E-state index contributed by atoms with van der Waals surface area (Å²) in [7, 11) is 0. The lowest BCUT2D eigenvalue weighted by atomic mass is 9.94. The van der Waals surface area contributed by atoms with Gasteiger partial charge in [-0.2, -0.15) is 0 Å². The van der Waals surface area contributed by atoms with Crippen LogP contribution in [-0.2, 0) is 16.9 Å². The Balaban J connectivity index is 1.99.